The van der Waals surface area contributed by atoms with E-state index in [0.29, 0.717) is 6.04 Å². The van der Waals surface area contributed by atoms with Crippen molar-refractivity contribution in [2.45, 2.75) is 51.0 Å². The molecule has 19 heavy (non-hydrogen) atoms. The summed E-state index contributed by atoms with van der Waals surface area (Å²) < 4.78 is 0. The van der Waals surface area contributed by atoms with Gasteiger partial charge in [-0.1, -0.05) is 49.2 Å². The Balaban J connectivity index is 1.59. The van der Waals surface area contributed by atoms with Crippen molar-refractivity contribution >= 4 is 5.91 Å². The molecule has 0 unspecified atom stereocenters. The number of aryl methyl sites for hydroxylation is 1. The van der Waals surface area contributed by atoms with E-state index < -0.39 is 0 Å². The lowest BCUT2D eigenvalue weighted by atomic mass is 10.1. The van der Waals surface area contributed by atoms with Crippen LogP contribution in [0.3, 0.4) is 0 Å². The minimum absolute atomic E-state index is 0.0756. The smallest absolute Gasteiger partial charge is 0.243 e. The van der Waals surface area contributed by atoms with Crippen LogP contribution in [0.25, 0.3) is 0 Å². The SMILES string of the molecule is O=C(C=CCCCc1ccccc1)NC1CCCC1. The molecule has 1 amide bonds. The first-order chi connectivity index (χ1) is 9.34. The van der Waals surface area contributed by atoms with Gasteiger partial charge in [-0.05, 0) is 43.7 Å². The number of carbonyl (C=O) groups is 1. The van der Waals surface area contributed by atoms with Crippen molar-refractivity contribution in [2.75, 3.05) is 0 Å². The van der Waals surface area contributed by atoms with E-state index in [1.165, 1.54) is 18.4 Å². The summed E-state index contributed by atoms with van der Waals surface area (Å²) in [6.07, 6.45) is 11.6. The minimum atomic E-state index is 0.0756. The van der Waals surface area contributed by atoms with E-state index in [4.69, 9.17) is 0 Å². The zero-order valence-corrected chi connectivity index (χ0v) is 11.5. The van der Waals surface area contributed by atoms with Crippen LogP contribution in [0, 0.1) is 0 Å². The minimum Gasteiger partial charge on any atom is -0.350 e. The highest BCUT2D eigenvalue weighted by atomic mass is 16.1. The Morgan fingerprint density at radius 3 is 2.68 bits per heavy atom. The number of allylic oxidation sites excluding steroid dienone is 1. The number of hydrogen-bond acceptors (Lipinski definition) is 1. The Kier molecular flexibility index (Phi) is 5.67. The first-order valence-electron chi connectivity index (χ1n) is 7.35. The van der Waals surface area contributed by atoms with Crippen molar-refractivity contribution in [2.24, 2.45) is 0 Å². The Bertz CT molecular complexity index is 405. The number of rotatable bonds is 6. The lowest BCUT2D eigenvalue weighted by molar-refractivity contribution is -0.117. The van der Waals surface area contributed by atoms with Crippen molar-refractivity contribution in [3.8, 4) is 0 Å². The number of unbranched alkanes of at least 4 members (excludes halogenated alkanes) is 1. The van der Waals surface area contributed by atoms with E-state index >= 15 is 0 Å². The number of nitrogens with one attached hydrogen (secondary N) is 1. The molecule has 1 aliphatic carbocycles. The molecule has 0 atom stereocenters. The monoisotopic (exact) mass is 257 g/mol. The average molecular weight is 257 g/mol. The van der Waals surface area contributed by atoms with Crippen LogP contribution in [0.4, 0.5) is 0 Å². The Labute approximate surface area is 115 Å². The maximum atomic E-state index is 11.6. The predicted molar refractivity (Wildman–Crippen MR) is 78.9 cm³/mol. The molecule has 0 aromatic heterocycles. The fraction of sp³-hybridized carbons (Fsp3) is 0.471. The molecule has 0 bridgehead atoms. The lowest BCUT2D eigenvalue weighted by Crippen LogP contribution is -2.30. The van der Waals surface area contributed by atoms with Crippen molar-refractivity contribution in [3.63, 3.8) is 0 Å². The fourth-order valence-corrected chi connectivity index (χ4v) is 2.58. The normalized spacial score (nSPS) is 16.0. The van der Waals surface area contributed by atoms with E-state index in [1.54, 1.807) is 6.08 Å². The van der Waals surface area contributed by atoms with Crippen LogP contribution in [0.2, 0.25) is 0 Å². The molecular weight excluding hydrogens is 234 g/mol. The lowest BCUT2D eigenvalue weighted by Gasteiger charge is -2.08. The van der Waals surface area contributed by atoms with Crippen molar-refractivity contribution < 1.29 is 4.79 Å². The molecular formula is C17H23NO. The molecule has 1 fully saturated rings. The van der Waals surface area contributed by atoms with Gasteiger partial charge in [-0.2, -0.15) is 0 Å². The van der Waals surface area contributed by atoms with E-state index in [9.17, 15) is 4.79 Å². The molecule has 1 aliphatic rings. The summed E-state index contributed by atoms with van der Waals surface area (Å²) in [5.74, 6) is 0.0756. The molecule has 1 saturated carbocycles. The van der Waals surface area contributed by atoms with Gasteiger partial charge < -0.3 is 5.32 Å². The summed E-state index contributed by atoms with van der Waals surface area (Å²) in [6, 6.07) is 10.9. The largest absolute Gasteiger partial charge is 0.350 e. The van der Waals surface area contributed by atoms with Gasteiger partial charge >= 0.3 is 0 Å². The second kappa shape index (κ2) is 7.78. The number of carbonyl (C=O) groups excluding carboxylic acids is 1. The molecule has 0 radical (unpaired) electrons. The maximum absolute atomic E-state index is 11.6. The molecule has 102 valence electrons. The summed E-state index contributed by atoms with van der Waals surface area (Å²) in [6.45, 7) is 0. The molecule has 2 heteroatoms. The second-order valence-electron chi connectivity index (χ2n) is 5.27. The van der Waals surface area contributed by atoms with Crippen molar-refractivity contribution in [1.29, 1.82) is 0 Å². The third-order valence-corrected chi connectivity index (χ3v) is 3.65. The summed E-state index contributed by atoms with van der Waals surface area (Å²) in [5.41, 5.74) is 1.37. The van der Waals surface area contributed by atoms with Gasteiger partial charge in [-0.25, -0.2) is 0 Å². The van der Waals surface area contributed by atoms with Gasteiger partial charge in [0.25, 0.3) is 0 Å². The zero-order chi connectivity index (χ0) is 13.3. The quantitative estimate of drug-likeness (QED) is 0.612. The van der Waals surface area contributed by atoms with Gasteiger partial charge in [-0.15, -0.1) is 0 Å². The van der Waals surface area contributed by atoms with Crippen molar-refractivity contribution in [1.82, 2.24) is 5.32 Å². The van der Waals surface area contributed by atoms with Crippen LogP contribution < -0.4 is 5.32 Å². The van der Waals surface area contributed by atoms with Crippen LogP contribution in [-0.4, -0.2) is 11.9 Å². The fourth-order valence-electron chi connectivity index (χ4n) is 2.58. The van der Waals surface area contributed by atoms with Crippen LogP contribution in [0.5, 0.6) is 0 Å². The Hall–Kier alpha value is -1.57. The maximum Gasteiger partial charge on any atom is 0.243 e. The summed E-state index contributed by atoms with van der Waals surface area (Å²) in [5, 5.41) is 3.06. The molecule has 1 aromatic carbocycles. The molecule has 2 rings (SSSR count). The first kappa shape index (κ1) is 13.9. The molecule has 2 nitrogen and oxygen atoms in total. The van der Waals surface area contributed by atoms with Gasteiger partial charge in [0.1, 0.15) is 0 Å². The predicted octanol–water partition coefficient (Wildman–Crippen LogP) is 3.62. The standard InChI is InChI=1S/C17H23NO/c19-17(18-16-12-7-8-13-16)14-6-2-5-11-15-9-3-1-4-10-15/h1,3-4,6,9-10,14,16H,2,5,7-8,11-13H2,(H,18,19). The number of hydrogen-bond donors (Lipinski definition) is 1. The van der Waals surface area contributed by atoms with Crippen LogP contribution >= 0.6 is 0 Å². The Morgan fingerprint density at radius 2 is 1.95 bits per heavy atom. The average Bonchev–Trinajstić information content (AvgIpc) is 2.92. The van der Waals surface area contributed by atoms with Gasteiger partial charge in [0.05, 0.1) is 0 Å². The summed E-state index contributed by atoms with van der Waals surface area (Å²) in [4.78, 5) is 11.6. The first-order valence-corrected chi connectivity index (χ1v) is 7.35. The third-order valence-electron chi connectivity index (χ3n) is 3.65. The molecule has 1 aromatic rings. The number of amides is 1. The van der Waals surface area contributed by atoms with Gasteiger partial charge in [0.2, 0.25) is 5.91 Å². The second-order valence-corrected chi connectivity index (χ2v) is 5.27. The van der Waals surface area contributed by atoms with Gasteiger partial charge in [0.15, 0.2) is 0 Å². The topological polar surface area (TPSA) is 29.1 Å². The van der Waals surface area contributed by atoms with Crippen LogP contribution in [0.1, 0.15) is 44.1 Å². The molecule has 0 saturated heterocycles. The Morgan fingerprint density at radius 1 is 1.21 bits per heavy atom. The molecule has 0 spiro atoms. The molecule has 0 heterocycles. The van der Waals surface area contributed by atoms with E-state index in [0.717, 1.165) is 32.1 Å². The van der Waals surface area contributed by atoms with Crippen molar-refractivity contribution in [3.05, 3.63) is 48.0 Å². The van der Waals surface area contributed by atoms with E-state index in [1.807, 2.05) is 12.1 Å². The highest BCUT2D eigenvalue weighted by Crippen LogP contribution is 2.17. The van der Waals surface area contributed by atoms with Crippen LogP contribution in [0.15, 0.2) is 42.5 Å². The summed E-state index contributed by atoms with van der Waals surface area (Å²) in [7, 11) is 0. The third kappa shape index (κ3) is 5.29. The number of benzene rings is 1. The van der Waals surface area contributed by atoms with E-state index in [-0.39, 0.29) is 5.91 Å². The van der Waals surface area contributed by atoms with Gasteiger partial charge in [0, 0.05) is 6.04 Å². The molecule has 1 N–H and O–H groups in total. The highest BCUT2D eigenvalue weighted by molar-refractivity contribution is 5.87. The van der Waals surface area contributed by atoms with Crippen LogP contribution in [-0.2, 0) is 11.2 Å². The molecule has 0 aliphatic heterocycles. The zero-order valence-electron chi connectivity index (χ0n) is 11.5. The van der Waals surface area contributed by atoms with Gasteiger partial charge in [-0.3, -0.25) is 4.79 Å². The summed E-state index contributed by atoms with van der Waals surface area (Å²) >= 11 is 0. The van der Waals surface area contributed by atoms with E-state index in [2.05, 4.69) is 29.6 Å². The highest BCUT2D eigenvalue weighted by Gasteiger charge is 2.15.